The summed E-state index contributed by atoms with van der Waals surface area (Å²) >= 11 is 7.39. The van der Waals surface area contributed by atoms with Gasteiger partial charge in [-0.25, -0.2) is 14.8 Å². The van der Waals surface area contributed by atoms with Crippen LogP contribution in [-0.2, 0) is 4.74 Å². The van der Waals surface area contributed by atoms with E-state index >= 15 is 0 Å². The smallest absolute Gasteiger partial charge is 0.350 e. The first-order valence-corrected chi connectivity index (χ1v) is 10.6. The fourth-order valence-corrected chi connectivity index (χ4v) is 4.39. The lowest BCUT2D eigenvalue weighted by Gasteiger charge is -2.21. The summed E-state index contributed by atoms with van der Waals surface area (Å²) in [5, 5.41) is 8.16. The van der Waals surface area contributed by atoms with Gasteiger partial charge < -0.3 is 4.74 Å². The predicted molar refractivity (Wildman–Crippen MR) is 117 cm³/mol. The zero-order valence-corrected chi connectivity index (χ0v) is 17.7. The second-order valence-electron chi connectivity index (χ2n) is 6.66. The molecule has 0 N–H and O–H groups in total. The van der Waals surface area contributed by atoms with E-state index in [1.54, 1.807) is 6.92 Å². The molecular formula is C22H20ClN3O2S. The molecular weight excluding hydrogens is 406 g/mol. The van der Waals surface area contributed by atoms with Crippen LogP contribution in [0.1, 0.15) is 45.9 Å². The highest BCUT2D eigenvalue weighted by molar-refractivity contribution is 7.17. The van der Waals surface area contributed by atoms with Gasteiger partial charge in [-0.05, 0) is 37.1 Å². The van der Waals surface area contributed by atoms with Gasteiger partial charge in [0.15, 0.2) is 0 Å². The number of hydrazone groups is 1. The summed E-state index contributed by atoms with van der Waals surface area (Å²) < 4.78 is 5.16. The Morgan fingerprint density at radius 3 is 2.62 bits per heavy atom. The first-order valence-electron chi connectivity index (χ1n) is 9.39. The topological polar surface area (TPSA) is 54.8 Å². The zero-order valence-electron chi connectivity index (χ0n) is 16.1. The van der Waals surface area contributed by atoms with Crippen LogP contribution in [0.5, 0.6) is 0 Å². The summed E-state index contributed by atoms with van der Waals surface area (Å²) in [7, 11) is 0. The maximum absolute atomic E-state index is 12.2. The number of carbonyl (C=O) groups excluding carboxylic acids is 1. The van der Waals surface area contributed by atoms with Gasteiger partial charge in [0.1, 0.15) is 4.88 Å². The molecule has 0 saturated carbocycles. The van der Waals surface area contributed by atoms with Crippen LogP contribution < -0.4 is 5.01 Å². The van der Waals surface area contributed by atoms with Gasteiger partial charge in [0.05, 0.1) is 24.1 Å². The number of hydrogen-bond donors (Lipinski definition) is 0. The molecule has 1 aromatic heterocycles. The number of halogens is 1. The number of anilines is 1. The van der Waals surface area contributed by atoms with Crippen LogP contribution in [0.15, 0.2) is 59.7 Å². The first kappa shape index (κ1) is 19.6. The first-order chi connectivity index (χ1) is 14.1. The molecule has 7 heteroatoms. The van der Waals surface area contributed by atoms with Crippen LogP contribution in [0.4, 0.5) is 5.13 Å². The highest BCUT2D eigenvalue weighted by atomic mass is 35.5. The van der Waals surface area contributed by atoms with Crippen LogP contribution >= 0.6 is 22.9 Å². The monoisotopic (exact) mass is 425 g/mol. The Kier molecular flexibility index (Phi) is 5.65. The minimum absolute atomic E-state index is 0.0249. The van der Waals surface area contributed by atoms with Crippen LogP contribution in [0.25, 0.3) is 0 Å². The number of aryl methyl sites for hydroxylation is 1. The molecule has 1 aliphatic heterocycles. The Bertz CT molecular complexity index is 1050. The molecule has 148 valence electrons. The maximum atomic E-state index is 12.2. The molecule has 29 heavy (non-hydrogen) atoms. The molecule has 0 bridgehead atoms. The molecule has 0 saturated heterocycles. The highest BCUT2D eigenvalue weighted by Crippen LogP contribution is 2.39. The number of ether oxygens (including phenoxy) is 1. The van der Waals surface area contributed by atoms with Gasteiger partial charge in [-0.2, -0.15) is 5.10 Å². The van der Waals surface area contributed by atoms with E-state index in [-0.39, 0.29) is 12.0 Å². The minimum Gasteiger partial charge on any atom is -0.462 e. The van der Waals surface area contributed by atoms with Crippen molar-refractivity contribution in [2.75, 3.05) is 11.6 Å². The van der Waals surface area contributed by atoms with Gasteiger partial charge in [0.2, 0.25) is 5.13 Å². The summed E-state index contributed by atoms with van der Waals surface area (Å²) in [4.78, 5) is 17.4. The van der Waals surface area contributed by atoms with E-state index in [1.165, 1.54) is 11.3 Å². The summed E-state index contributed by atoms with van der Waals surface area (Å²) in [6.07, 6.45) is 0.735. The third-order valence-electron chi connectivity index (χ3n) is 4.71. The largest absolute Gasteiger partial charge is 0.462 e. The Labute approximate surface area is 178 Å². The quantitative estimate of drug-likeness (QED) is 0.496. The molecule has 0 aliphatic carbocycles. The molecule has 5 nitrogen and oxygen atoms in total. The normalized spacial score (nSPS) is 16.0. The Morgan fingerprint density at radius 1 is 1.21 bits per heavy atom. The second-order valence-corrected chi connectivity index (χ2v) is 8.07. The molecule has 0 radical (unpaired) electrons. The summed E-state index contributed by atoms with van der Waals surface area (Å²) in [5.41, 5.74) is 3.81. The molecule has 1 aliphatic rings. The number of carbonyl (C=O) groups is 1. The zero-order chi connectivity index (χ0) is 20.4. The van der Waals surface area contributed by atoms with E-state index in [0.717, 1.165) is 23.3 Å². The molecule has 3 aromatic rings. The van der Waals surface area contributed by atoms with Crippen molar-refractivity contribution in [2.45, 2.75) is 26.3 Å². The van der Waals surface area contributed by atoms with E-state index in [1.807, 2.05) is 54.4 Å². The Morgan fingerprint density at radius 2 is 1.93 bits per heavy atom. The Balaban J connectivity index is 1.74. The standard InChI is InChI=1S/C22H20ClN3O2S/c1-3-28-21(27)20-14(2)24-22(29-20)26-19(16-9-11-17(23)12-10-16)13-18(25-26)15-7-5-4-6-8-15/h4-12,19H,3,13H2,1-2H3/t19-/m0/s1. The van der Waals surface area contributed by atoms with Crippen LogP contribution in [0, 0.1) is 6.92 Å². The number of rotatable bonds is 5. The number of nitrogens with zero attached hydrogens (tertiary/aromatic N) is 3. The van der Waals surface area contributed by atoms with Crippen LogP contribution in [-0.4, -0.2) is 23.3 Å². The lowest BCUT2D eigenvalue weighted by atomic mass is 9.99. The third kappa shape index (κ3) is 4.04. The summed E-state index contributed by atoms with van der Waals surface area (Å²) in [6.45, 7) is 3.95. The van der Waals surface area contributed by atoms with Crippen molar-refractivity contribution in [3.05, 3.63) is 81.3 Å². The molecule has 1 atom stereocenters. The minimum atomic E-state index is -0.344. The van der Waals surface area contributed by atoms with Crippen molar-refractivity contribution < 1.29 is 9.53 Å². The molecule has 2 aromatic carbocycles. The number of benzene rings is 2. The van der Waals surface area contributed by atoms with Gasteiger partial charge in [0.25, 0.3) is 0 Å². The van der Waals surface area contributed by atoms with E-state index < -0.39 is 0 Å². The molecule has 0 spiro atoms. The average Bonchev–Trinajstić information content (AvgIpc) is 3.33. The van der Waals surface area contributed by atoms with Crippen molar-refractivity contribution in [3.8, 4) is 0 Å². The van der Waals surface area contributed by atoms with Gasteiger partial charge in [-0.1, -0.05) is 65.4 Å². The van der Waals surface area contributed by atoms with E-state index in [2.05, 4.69) is 17.1 Å². The van der Waals surface area contributed by atoms with E-state index in [4.69, 9.17) is 21.4 Å². The van der Waals surface area contributed by atoms with Gasteiger partial charge in [0, 0.05) is 11.4 Å². The van der Waals surface area contributed by atoms with Crippen LogP contribution in [0.3, 0.4) is 0 Å². The van der Waals surface area contributed by atoms with Crippen LogP contribution in [0.2, 0.25) is 5.02 Å². The average molecular weight is 426 g/mol. The van der Waals surface area contributed by atoms with Crippen molar-refractivity contribution in [2.24, 2.45) is 5.10 Å². The molecule has 0 fully saturated rings. The highest BCUT2D eigenvalue weighted by Gasteiger charge is 2.33. The van der Waals surface area contributed by atoms with Crippen molar-refractivity contribution in [1.82, 2.24) is 4.98 Å². The number of hydrogen-bond acceptors (Lipinski definition) is 6. The van der Waals surface area contributed by atoms with Gasteiger partial charge in [-0.15, -0.1) is 0 Å². The number of esters is 1. The lowest BCUT2D eigenvalue weighted by Crippen LogP contribution is -2.18. The summed E-state index contributed by atoms with van der Waals surface area (Å²) in [6, 6.07) is 17.9. The SMILES string of the molecule is CCOC(=O)c1sc(N2N=C(c3ccccc3)C[C@H]2c2ccc(Cl)cc2)nc1C. The number of aromatic nitrogens is 1. The van der Waals surface area contributed by atoms with Gasteiger partial charge >= 0.3 is 5.97 Å². The summed E-state index contributed by atoms with van der Waals surface area (Å²) in [5.74, 6) is -0.344. The van der Waals surface area contributed by atoms with Crippen molar-refractivity contribution >= 4 is 39.8 Å². The molecule has 2 heterocycles. The van der Waals surface area contributed by atoms with E-state index in [0.29, 0.717) is 27.3 Å². The third-order valence-corrected chi connectivity index (χ3v) is 6.09. The Hall–Kier alpha value is -2.70. The predicted octanol–water partition coefficient (Wildman–Crippen LogP) is 5.64. The van der Waals surface area contributed by atoms with Crippen molar-refractivity contribution in [3.63, 3.8) is 0 Å². The number of thiazole rings is 1. The second kappa shape index (κ2) is 8.35. The van der Waals surface area contributed by atoms with Crippen molar-refractivity contribution in [1.29, 1.82) is 0 Å². The fourth-order valence-electron chi connectivity index (χ4n) is 3.30. The van der Waals surface area contributed by atoms with Gasteiger partial charge in [-0.3, -0.25) is 0 Å². The molecule has 0 amide bonds. The lowest BCUT2D eigenvalue weighted by molar-refractivity contribution is 0.0531. The van der Waals surface area contributed by atoms with E-state index in [9.17, 15) is 4.79 Å². The molecule has 0 unspecified atom stereocenters. The maximum Gasteiger partial charge on any atom is 0.350 e. The fraction of sp³-hybridized carbons (Fsp3) is 0.227. The molecule has 4 rings (SSSR count).